The van der Waals surface area contributed by atoms with Gasteiger partial charge in [-0.1, -0.05) is 25.1 Å². The molecule has 6 heteroatoms. The highest BCUT2D eigenvalue weighted by atomic mass is 16.2. The Labute approximate surface area is 183 Å². The smallest absolute Gasteiger partial charge is 0.236 e. The Morgan fingerprint density at radius 3 is 2.77 bits per heavy atom. The quantitative estimate of drug-likeness (QED) is 0.831. The van der Waals surface area contributed by atoms with Crippen molar-refractivity contribution in [1.82, 2.24) is 20.1 Å². The maximum Gasteiger partial charge on any atom is 0.236 e. The Morgan fingerprint density at radius 1 is 1.16 bits per heavy atom. The van der Waals surface area contributed by atoms with E-state index in [-0.39, 0.29) is 6.04 Å². The maximum absolute atomic E-state index is 13.3. The normalized spacial score (nSPS) is 32.5. The average Bonchev–Trinajstić information content (AvgIpc) is 3.64. The molecule has 162 valence electrons. The molecule has 0 saturated carbocycles. The first-order chi connectivity index (χ1) is 15.2. The zero-order valence-corrected chi connectivity index (χ0v) is 18.2. The van der Waals surface area contributed by atoms with Crippen molar-refractivity contribution in [2.24, 2.45) is 10.9 Å². The molecule has 2 aromatic rings. The molecule has 4 saturated heterocycles. The molecule has 5 aliphatic heterocycles. The van der Waals surface area contributed by atoms with Crippen molar-refractivity contribution in [2.75, 3.05) is 32.7 Å². The number of nitrogens with one attached hydrogen (secondary N) is 1. The van der Waals surface area contributed by atoms with Crippen LogP contribution in [0.4, 0.5) is 0 Å². The summed E-state index contributed by atoms with van der Waals surface area (Å²) in [6, 6.07) is 9.97. The van der Waals surface area contributed by atoms with Gasteiger partial charge < -0.3 is 10.2 Å². The number of benzene rings is 1. The number of aliphatic imine (C=N–C) groups is 1. The third-order valence-electron chi connectivity index (χ3n) is 7.70. The summed E-state index contributed by atoms with van der Waals surface area (Å²) in [5, 5.41) is 4.81. The third kappa shape index (κ3) is 3.66. The zero-order valence-electron chi connectivity index (χ0n) is 18.2. The Kier molecular flexibility index (Phi) is 4.80. The van der Waals surface area contributed by atoms with Crippen LogP contribution in [-0.2, 0) is 4.79 Å². The van der Waals surface area contributed by atoms with Crippen LogP contribution in [0.5, 0.6) is 0 Å². The summed E-state index contributed by atoms with van der Waals surface area (Å²) < 4.78 is 0. The summed E-state index contributed by atoms with van der Waals surface area (Å²) in [7, 11) is 0. The minimum Gasteiger partial charge on any atom is -0.341 e. The van der Waals surface area contributed by atoms with Crippen LogP contribution in [0, 0.1) is 5.92 Å². The van der Waals surface area contributed by atoms with E-state index in [1.165, 1.54) is 29.4 Å². The number of aromatic nitrogens is 1. The number of piperazine rings is 1. The predicted molar refractivity (Wildman–Crippen MR) is 122 cm³/mol. The van der Waals surface area contributed by atoms with Gasteiger partial charge in [-0.3, -0.25) is 19.7 Å². The van der Waals surface area contributed by atoms with Gasteiger partial charge in [-0.2, -0.15) is 0 Å². The summed E-state index contributed by atoms with van der Waals surface area (Å²) >= 11 is 0. The van der Waals surface area contributed by atoms with Gasteiger partial charge in [-0.15, -0.1) is 0 Å². The second kappa shape index (κ2) is 7.68. The Balaban J connectivity index is 1.23. The molecule has 3 unspecified atom stereocenters. The fourth-order valence-electron chi connectivity index (χ4n) is 6.06. The highest BCUT2D eigenvalue weighted by molar-refractivity contribution is 5.92. The van der Waals surface area contributed by atoms with Crippen molar-refractivity contribution >= 4 is 23.0 Å². The van der Waals surface area contributed by atoms with E-state index in [1.807, 2.05) is 18.5 Å². The lowest BCUT2D eigenvalue weighted by molar-refractivity contribution is -0.136. The molecule has 2 bridgehead atoms. The molecule has 0 aliphatic carbocycles. The number of piperidine rings is 3. The molecular formula is C25H31N5O. The largest absolute Gasteiger partial charge is 0.341 e. The number of rotatable bonds is 4. The van der Waals surface area contributed by atoms with Gasteiger partial charge in [0.2, 0.25) is 5.91 Å². The van der Waals surface area contributed by atoms with Gasteiger partial charge >= 0.3 is 0 Å². The van der Waals surface area contributed by atoms with E-state index in [1.54, 1.807) is 0 Å². The average molecular weight is 418 g/mol. The van der Waals surface area contributed by atoms with Crippen molar-refractivity contribution < 1.29 is 4.79 Å². The summed E-state index contributed by atoms with van der Waals surface area (Å²) in [6.07, 6.45) is 7.44. The topological polar surface area (TPSA) is 60.8 Å². The highest BCUT2D eigenvalue weighted by Gasteiger charge is 2.36. The summed E-state index contributed by atoms with van der Waals surface area (Å²) in [6.45, 7) is 6.60. The van der Waals surface area contributed by atoms with Gasteiger partial charge in [-0.05, 0) is 36.8 Å². The lowest BCUT2D eigenvalue weighted by Gasteiger charge is -2.46. The van der Waals surface area contributed by atoms with Gasteiger partial charge in [0, 0.05) is 67.5 Å². The number of pyridine rings is 1. The molecule has 1 aromatic heterocycles. The van der Waals surface area contributed by atoms with E-state index in [2.05, 4.69) is 45.2 Å². The number of fused-ring (bicyclic) bond motifs is 4. The monoisotopic (exact) mass is 417 g/mol. The van der Waals surface area contributed by atoms with Crippen molar-refractivity contribution in [3.8, 4) is 0 Å². The van der Waals surface area contributed by atoms with Crippen molar-refractivity contribution in [3.63, 3.8) is 0 Å². The number of hydrogen-bond acceptors (Lipinski definition) is 5. The fourth-order valence-corrected chi connectivity index (χ4v) is 6.06. The molecule has 7 rings (SSSR count). The van der Waals surface area contributed by atoms with Crippen LogP contribution in [0.3, 0.4) is 0 Å². The molecule has 6 nitrogen and oxygen atoms in total. The predicted octanol–water partition coefficient (Wildman–Crippen LogP) is 2.75. The van der Waals surface area contributed by atoms with Crippen LogP contribution in [0.25, 0.3) is 10.9 Å². The van der Waals surface area contributed by atoms with Gasteiger partial charge in [0.05, 0.1) is 12.1 Å². The molecule has 5 atom stereocenters. The molecule has 0 radical (unpaired) electrons. The first kappa shape index (κ1) is 19.4. The van der Waals surface area contributed by atoms with E-state index < -0.39 is 0 Å². The number of hydrogen-bond donors (Lipinski definition) is 1. The molecule has 31 heavy (non-hydrogen) atoms. The third-order valence-corrected chi connectivity index (χ3v) is 7.70. The lowest BCUT2D eigenvalue weighted by atomic mass is 9.83. The van der Waals surface area contributed by atoms with Crippen LogP contribution in [0.2, 0.25) is 0 Å². The molecule has 1 aromatic carbocycles. The van der Waals surface area contributed by atoms with Crippen molar-refractivity contribution in [2.45, 2.75) is 50.2 Å². The van der Waals surface area contributed by atoms with E-state index in [4.69, 9.17) is 4.98 Å². The number of nitrogens with zero attached hydrogens (tertiary/aromatic N) is 4. The van der Waals surface area contributed by atoms with Gasteiger partial charge in [0.25, 0.3) is 0 Å². The number of carbonyl (C=O) groups excluding carboxylic acids is 1. The molecule has 0 spiro atoms. The molecule has 4 fully saturated rings. The molecular weight excluding hydrogens is 386 g/mol. The SMILES string of the molecule is C[C@@H]1C[C@H](c2ccc(C3C=N3)c3ncccc23)CN(C(=O)CN2CC3CCC2CN3)C1. The Bertz CT molecular complexity index is 1020. The van der Waals surface area contributed by atoms with E-state index in [9.17, 15) is 4.79 Å². The van der Waals surface area contributed by atoms with Gasteiger partial charge in [-0.25, -0.2) is 0 Å². The van der Waals surface area contributed by atoms with Crippen LogP contribution in [0.15, 0.2) is 35.5 Å². The number of carbonyl (C=O) groups is 1. The number of likely N-dealkylation sites (tertiary alicyclic amines) is 1. The summed E-state index contributed by atoms with van der Waals surface area (Å²) in [4.78, 5) is 26.9. The number of amides is 1. The first-order valence-electron chi connectivity index (χ1n) is 11.8. The highest BCUT2D eigenvalue weighted by Crippen LogP contribution is 2.38. The maximum atomic E-state index is 13.3. The molecule has 1 N–H and O–H groups in total. The Hall–Kier alpha value is -2.31. The summed E-state index contributed by atoms with van der Waals surface area (Å²) in [5.41, 5.74) is 3.60. The standard InChI is InChI=1S/C25H31N5O/c1-16-9-17(20-6-7-22(23-11-28-23)25-21(20)3-2-8-26-25)13-30(12-16)24(31)15-29-14-18-4-5-19(29)10-27-18/h2-3,6-8,11,16-19,23,27H,4-5,9-10,12-15H2,1H3/t16-,17+,18?,19?,23?/m1/s1. The van der Waals surface area contributed by atoms with E-state index in [0.29, 0.717) is 36.4 Å². The lowest BCUT2D eigenvalue weighted by Crippen LogP contribution is -2.62. The molecule has 6 heterocycles. The zero-order chi connectivity index (χ0) is 20.9. The van der Waals surface area contributed by atoms with Crippen LogP contribution >= 0.6 is 0 Å². The molecule has 1 amide bonds. The van der Waals surface area contributed by atoms with Crippen molar-refractivity contribution in [3.05, 3.63) is 41.6 Å². The van der Waals surface area contributed by atoms with Crippen molar-refractivity contribution in [1.29, 1.82) is 0 Å². The van der Waals surface area contributed by atoms with E-state index in [0.717, 1.165) is 38.1 Å². The van der Waals surface area contributed by atoms with E-state index >= 15 is 0 Å². The van der Waals surface area contributed by atoms with Crippen LogP contribution in [0.1, 0.15) is 49.3 Å². The van der Waals surface area contributed by atoms with Gasteiger partial charge in [0.15, 0.2) is 0 Å². The summed E-state index contributed by atoms with van der Waals surface area (Å²) in [5.74, 6) is 1.16. The molecule has 5 aliphatic rings. The van der Waals surface area contributed by atoms with Gasteiger partial charge in [0.1, 0.15) is 6.04 Å². The second-order valence-electron chi connectivity index (χ2n) is 9.99. The first-order valence-corrected chi connectivity index (χ1v) is 11.8. The minimum atomic E-state index is 0.198. The van der Waals surface area contributed by atoms with Crippen LogP contribution in [-0.4, -0.2) is 71.7 Å². The fraction of sp³-hybridized carbons (Fsp3) is 0.560. The Morgan fingerprint density at radius 2 is 2.03 bits per heavy atom. The minimum absolute atomic E-state index is 0.198. The second-order valence-corrected chi connectivity index (χ2v) is 9.99. The van der Waals surface area contributed by atoms with Crippen LogP contribution < -0.4 is 5.32 Å².